The molecule has 0 atom stereocenters. The van der Waals surface area contributed by atoms with E-state index >= 15 is 0 Å². The summed E-state index contributed by atoms with van der Waals surface area (Å²) in [6.45, 7) is 6.16. The fourth-order valence-corrected chi connectivity index (χ4v) is 3.51. The largest absolute Gasteiger partial charge is 0.454 e. The summed E-state index contributed by atoms with van der Waals surface area (Å²) in [5, 5.41) is 5.26. The summed E-state index contributed by atoms with van der Waals surface area (Å²) in [6, 6.07) is 9.30. The van der Waals surface area contributed by atoms with Crippen molar-refractivity contribution in [3.05, 3.63) is 63.8 Å². The van der Waals surface area contributed by atoms with E-state index in [0.29, 0.717) is 17.9 Å². The number of aryl methyl sites for hydroxylation is 2. The number of hydrogen-bond acceptors (Lipinski definition) is 6. The molecule has 0 radical (unpaired) electrons. The maximum absolute atomic E-state index is 12.1. The van der Waals surface area contributed by atoms with Gasteiger partial charge in [-0.1, -0.05) is 12.1 Å². The van der Waals surface area contributed by atoms with Gasteiger partial charge in [0.15, 0.2) is 5.58 Å². The number of hydrogen-bond donors (Lipinski definition) is 1. The molecule has 0 bridgehead atoms. The molecular formula is C23H25ClN2O4. The van der Waals surface area contributed by atoms with Crippen molar-refractivity contribution in [1.82, 2.24) is 10.3 Å². The van der Waals surface area contributed by atoms with Crippen LogP contribution in [0.15, 0.2) is 50.2 Å². The number of nitrogens with zero attached hydrogens (tertiary/aromatic N) is 1. The Bertz CT molecular complexity index is 1230. The number of pyridine rings is 1. The number of benzene rings is 1. The zero-order valence-electron chi connectivity index (χ0n) is 17.3. The van der Waals surface area contributed by atoms with Gasteiger partial charge in [-0.25, -0.2) is 4.79 Å². The van der Waals surface area contributed by atoms with Crippen LogP contribution >= 0.6 is 12.4 Å². The molecule has 30 heavy (non-hydrogen) atoms. The molecule has 7 heteroatoms. The zero-order valence-corrected chi connectivity index (χ0v) is 18.1. The van der Waals surface area contributed by atoms with Gasteiger partial charge in [-0.05, 0) is 50.1 Å². The van der Waals surface area contributed by atoms with Crippen LogP contribution in [-0.2, 0) is 11.3 Å². The Morgan fingerprint density at radius 1 is 1.10 bits per heavy atom. The maximum atomic E-state index is 12.1. The van der Waals surface area contributed by atoms with Crippen LogP contribution in [-0.4, -0.2) is 25.2 Å². The normalized spacial score (nSPS) is 11.2. The van der Waals surface area contributed by atoms with Gasteiger partial charge in [0, 0.05) is 48.9 Å². The lowest BCUT2D eigenvalue weighted by molar-refractivity contribution is 0.194. The average molecular weight is 429 g/mol. The minimum absolute atomic E-state index is 0. The molecule has 3 aromatic heterocycles. The third-order valence-electron chi connectivity index (χ3n) is 5.00. The highest BCUT2D eigenvalue weighted by Crippen LogP contribution is 2.34. The van der Waals surface area contributed by atoms with E-state index in [2.05, 4.69) is 10.3 Å². The SMILES string of the molecule is COCCCNCc1cnc(C)c2oc(-c3cc(=O)oc4cc(C)ccc34)cc12.Cl. The van der Waals surface area contributed by atoms with Crippen LogP contribution in [0.3, 0.4) is 0 Å². The first kappa shape index (κ1) is 22.0. The van der Waals surface area contributed by atoms with Gasteiger partial charge in [-0.2, -0.15) is 0 Å². The smallest absolute Gasteiger partial charge is 0.336 e. The van der Waals surface area contributed by atoms with E-state index in [1.165, 1.54) is 6.07 Å². The lowest BCUT2D eigenvalue weighted by Crippen LogP contribution is -2.16. The quantitative estimate of drug-likeness (QED) is 0.337. The number of aromatic nitrogens is 1. The average Bonchev–Trinajstić information content (AvgIpc) is 3.15. The van der Waals surface area contributed by atoms with E-state index in [1.54, 1.807) is 7.11 Å². The molecule has 4 aromatic rings. The Morgan fingerprint density at radius 3 is 2.73 bits per heavy atom. The van der Waals surface area contributed by atoms with E-state index in [9.17, 15) is 4.79 Å². The van der Waals surface area contributed by atoms with Crippen molar-refractivity contribution in [3.63, 3.8) is 0 Å². The summed E-state index contributed by atoms with van der Waals surface area (Å²) in [7, 11) is 1.70. The van der Waals surface area contributed by atoms with Gasteiger partial charge in [0.2, 0.25) is 0 Å². The van der Waals surface area contributed by atoms with E-state index < -0.39 is 5.63 Å². The fourth-order valence-electron chi connectivity index (χ4n) is 3.51. The number of halogens is 1. The third-order valence-corrected chi connectivity index (χ3v) is 5.00. The first-order chi connectivity index (χ1) is 14.1. The number of ether oxygens (including phenoxy) is 1. The van der Waals surface area contributed by atoms with E-state index in [1.807, 2.05) is 44.3 Å². The molecule has 0 aliphatic rings. The summed E-state index contributed by atoms with van der Waals surface area (Å²) in [5.41, 5.74) is 4.54. The van der Waals surface area contributed by atoms with Gasteiger partial charge < -0.3 is 18.9 Å². The zero-order chi connectivity index (χ0) is 20.4. The molecule has 0 amide bonds. The molecule has 0 spiro atoms. The molecule has 158 valence electrons. The highest BCUT2D eigenvalue weighted by molar-refractivity contribution is 5.95. The fraction of sp³-hybridized carbons (Fsp3) is 0.304. The number of methoxy groups -OCH3 is 1. The molecule has 1 aromatic carbocycles. The molecule has 1 N–H and O–H groups in total. The monoisotopic (exact) mass is 428 g/mol. The van der Waals surface area contributed by atoms with Crippen molar-refractivity contribution in [3.8, 4) is 11.3 Å². The summed E-state index contributed by atoms with van der Waals surface area (Å²) in [4.78, 5) is 16.6. The maximum Gasteiger partial charge on any atom is 0.336 e. The molecule has 0 fully saturated rings. The van der Waals surface area contributed by atoms with Crippen LogP contribution in [0.1, 0.15) is 23.2 Å². The molecule has 0 aliphatic heterocycles. The number of nitrogens with one attached hydrogen (secondary N) is 1. The second kappa shape index (κ2) is 9.43. The lowest BCUT2D eigenvalue weighted by atomic mass is 10.1. The van der Waals surface area contributed by atoms with Crippen molar-refractivity contribution in [2.24, 2.45) is 0 Å². The molecule has 0 aliphatic carbocycles. The van der Waals surface area contributed by atoms with Gasteiger partial charge in [0.1, 0.15) is 11.3 Å². The lowest BCUT2D eigenvalue weighted by Gasteiger charge is -2.06. The Hall–Kier alpha value is -2.67. The summed E-state index contributed by atoms with van der Waals surface area (Å²) >= 11 is 0. The molecular weight excluding hydrogens is 404 g/mol. The Balaban J connectivity index is 0.00000256. The highest BCUT2D eigenvalue weighted by atomic mass is 35.5. The molecule has 3 heterocycles. The molecule has 6 nitrogen and oxygen atoms in total. The van der Waals surface area contributed by atoms with Gasteiger partial charge >= 0.3 is 5.63 Å². The van der Waals surface area contributed by atoms with Crippen molar-refractivity contribution in [2.45, 2.75) is 26.8 Å². The van der Waals surface area contributed by atoms with E-state index in [-0.39, 0.29) is 12.4 Å². The van der Waals surface area contributed by atoms with Crippen LogP contribution in [0.5, 0.6) is 0 Å². The van der Waals surface area contributed by atoms with E-state index in [0.717, 1.165) is 58.3 Å². The molecule has 4 rings (SSSR count). The standard InChI is InChI=1S/C23H24N2O4.ClH/c1-14-5-6-17-19(11-22(26)28-20(17)9-14)21-10-18-16(12-24-7-4-8-27-3)13-25-15(2)23(18)29-21;/h5-6,9-11,13,24H,4,7-8,12H2,1-3H3;1H. The number of furan rings is 1. The van der Waals surface area contributed by atoms with Gasteiger partial charge in [0.05, 0.1) is 5.69 Å². The second-order valence-electron chi connectivity index (χ2n) is 7.22. The summed E-state index contributed by atoms with van der Waals surface area (Å²) in [5.74, 6) is 0.637. The van der Waals surface area contributed by atoms with Gasteiger partial charge in [-0.3, -0.25) is 4.98 Å². The minimum atomic E-state index is -0.395. The number of rotatable bonds is 7. The Kier molecular flexibility index (Phi) is 6.92. The van der Waals surface area contributed by atoms with Crippen molar-refractivity contribution in [1.29, 1.82) is 0 Å². The van der Waals surface area contributed by atoms with Crippen LogP contribution < -0.4 is 10.9 Å². The van der Waals surface area contributed by atoms with Crippen molar-refractivity contribution in [2.75, 3.05) is 20.3 Å². The first-order valence-corrected chi connectivity index (χ1v) is 9.69. The minimum Gasteiger partial charge on any atom is -0.454 e. The predicted molar refractivity (Wildman–Crippen MR) is 120 cm³/mol. The Labute approximate surface area is 180 Å². The summed E-state index contributed by atoms with van der Waals surface area (Å²) < 4.78 is 16.6. The first-order valence-electron chi connectivity index (χ1n) is 9.69. The Morgan fingerprint density at radius 2 is 1.93 bits per heavy atom. The van der Waals surface area contributed by atoms with E-state index in [4.69, 9.17) is 13.6 Å². The molecule has 0 saturated carbocycles. The highest BCUT2D eigenvalue weighted by Gasteiger charge is 2.16. The molecule has 0 saturated heterocycles. The van der Waals surface area contributed by atoms with Crippen LogP contribution in [0, 0.1) is 13.8 Å². The van der Waals surface area contributed by atoms with Crippen LogP contribution in [0.2, 0.25) is 0 Å². The van der Waals surface area contributed by atoms with Gasteiger partial charge in [0.25, 0.3) is 0 Å². The van der Waals surface area contributed by atoms with Crippen LogP contribution in [0.4, 0.5) is 0 Å². The second-order valence-corrected chi connectivity index (χ2v) is 7.22. The third kappa shape index (κ3) is 4.41. The predicted octanol–water partition coefficient (Wildman–Crippen LogP) is 4.77. The molecule has 0 unspecified atom stereocenters. The number of fused-ring (bicyclic) bond motifs is 2. The topological polar surface area (TPSA) is 77.5 Å². The van der Waals surface area contributed by atoms with Crippen molar-refractivity contribution < 1.29 is 13.6 Å². The van der Waals surface area contributed by atoms with Crippen molar-refractivity contribution >= 4 is 34.3 Å². The summed E-state index contributed by atoms with van der Waals surface area (Å²) in [6.07, 6.45) is 2.82. The van der Waals surface area contributed by atoms with Gasteiger partial charge in [-0.15, -0.1) is 12.4 Å². The van der Waals surface area contributed by atoms with Crippen LogP contribution in [0.25, 0.3) is 33.3 Å².